The number of ether oxygens (including phenoxy) is 2. The zero-order valence-corrected chi connectivity index (χ0v) is 20.1. The van der Waals surface area contributed by atoms with E-state index < -0.39 is 11.8 Å². The largest absolute Gasteiger partial charge is 0.493 e. The van der Waals surface area contributed by atoms with Crippen LogP contribution in [0.4, 0.5) is 10.2 Å². The van der Waals surface area contributed by atoms with Crippen LogP contribution in [0.2, 0.25) is 5.02 Å². The minimum Gasteiger partial charge on any atom is -0.493 e. The third kappa shape index (κ3) is 3.71. The molecule has 0 saturated carbocycles. The number of hydrogen-bond acceptors (Lipinski definition) is 7. The summed E-state index contributed by atoms with van der Waals surface area (Å²) in [4.78, 5) is 20.4. The van der Waals surface area contributed by atoms with Crippen LogP contribution in [0, 0.1) is 19.7 Å². The smallest absolute Gasteiger partial charge is 0.340 e. The first-order valence-corrected chi connectivity index (χ1v) is 10.8. The number of fused-ring (bicyclic) bond motifs is 1. The molecule has 0 saturated heterocycles. The predicted octanol–water partition coefficient (Wildman–Crippen LogP) is 4.89. The van der Waals surface area contributed by atoms with Crippen molar-refractivity contribution in [3.63, 3.8) is 0 Å². The van der Waals surface area contributed by atoms with Crippen LogP contribution in [0.1, 0.15) is 40.1 Å². The molecule has 1 unspecified atom stereocenters. The van der Waals surface area contributed by atoms with Gasteiger partial charge in [-0.2, -0.15) is 5.10 Å². The minimum absolute atomic E-state index is 0.0761. The van der Waals surface area contributed by atoms with Gasteiger partial charge in [-0.1, -0.05) is 11.6 Å². The SMILES string of the molecule is COC(=O)c1ccc(-c2cc(C(C)n3nc(C)c4c(N)ncnc43)cc(Cl)c2C)c(OC)c1F. The molecule has 1 atom stereocenters. The Morgan fingerprint density at radius 3 is 2.59 bits per heavy atom. The number of benzene rings is 2. The van der Waals surface area contributed by atoms with Gasteiger partial charge in [0.1, 0.15) is 12.1 Å². The van der Waals surface area contributed by atoms with E-state index in [1.165, 1.54) is 26.6 Å². The topological polar surface area (TPSA) is 105 Å². The van der Waals surface area contributed by atoms with Crippen LogP contribution >= 0.6 is 11.6 Å². The molecule has 10 heteroatoms. The number of hydrogen-bond donors (Lipinski definition) is 1. The summed E-state index contributed by atoms with van der Waals surface area (Å²) in [6, 6.07) is 6.43. The lowest BCUT2D eigenvalue weighted by atomic mass is 9.94. The van der Waals surface area contributed by atoms with Crippen molar-refractivity contribution >= 4 is 34.4 Å². The van der Waals surface area contributed by atoms with Crippen LogP contribution in [0.15, 0.2) is 30.6 Å². The van der Waals surface area contributed by atoms with Crippen molar-refractivity contribution in [1.82, 2.24) is 19.7 Å². The van der Waals surface area contributed by atoms with Gasteiger partial charge >= 0.3 is 5.97 Å². The van der Waals surface area contributed by atoms with Gasteiger partial charge in [0, 0.05) is 10.6 Å². The first-order valence-electron chi connectivity index (χ1n) is 10.4. The molecule has 0 radical (unpaired) electrons. The number of nitrogens with two attached hydrogens (primary N) is 1. The second-order valence-electron chi connectivity index (χ2n) is 7.84. The number of aromatic nitrogens is 4. The molecule has 0 fully saturated rings. The lowest BCUT2D eigenvalue weighted by molar-refractivity contribution is 0.0594. The number of halogens is 2. The molecule has 0 spiro atoms. The van der Waals surface area contributed by atoms with Gasteiger partial charge in [-0.15, -0.1) is 0 Å². The standard InChI is InChI=1S/C24H23ClFN5O3/c1-11-17(15-6-7-16(24(32)34-5)20(26)21(15)33-4)8-14(9-18(11)25)13(3)31-23-19(12(2)30-31)22(27)28-10-29-23/h6-10,13H,1-5H3,(H2,27,28,29). The third-order valence-corrected chi connectivity index (χ3v) is 6.30. The van der Waals surface area contributed by atoms with E-state index in [9.17, 15) is 4.79 Å². The van der Waals surface area contributed by atoms with Crippen LogP contribution < -0.4 is 10.5 Å². The van der Waals surface area contributed by atoms with Gasteiger partial charge in [0.25, 0.3) is 0 Å². The Hall–Kier alpha value is -3.72. The van der Waals surface area contributed by atoms with Gasteiger partial charge in [0.15, 0.2) is 17.2 Å². The number of nitrogen functional groups attached to an aromatic ring is 1. The summed E-state index contributed by atoms with van der Waals surface area (Å²) in [5.74, 6) is -1.31. The Kier molecular flexibility index (Phi) is 6.14. The molecule has 176 valence electrons. The number of carbonyl (C=O) groups excluding carboxylic acids is 1. The highest BCUT2D eigenvalue weighted by Crippen LogP contribution is 2.40. The third-order valence-electron chi connectivity index (χ3n) is 5.91. The highest BCUT2D eigenvalue weighted by atomic mass is 35.5. The quantitative estimate of drug-likeness (QED) is 0.403. The lowest BCUT2D eigenvalue weighted by Gasteiger charge is -2.19. The molecule has 0 bridgehead atoms. The number of nitrogens with zero attached hydrogens (tertiary/aromatic N) is 4. The highest BCUT2D eigenvalue weighted by molar-refractivity contribution is 6.31. The van der Waals surface area contributed by atoms with Crippen LogP contribution in [-0.2, 0) is 4.74 Å². The van der Waals surface area contributed by atoms with Crippen LogP contribution in [0.3, 0.4) is 0 Å². The van der Waals surface area contributed by atoms with E-state index in [1.54, 1.807) is 10.7 Å². The normalized spacial score (nSPS) is 12.1. The fourth-order valence-corrected chi connectivity index (χ4v) is 4.26. The number of anilines is 1. The van der Waals surface area contributed by atoms with Crippen molar-refractivity contribution in [3.05, 3.63) is 63.8 Å². The summed E-state index contributed by atoms with van der Waals surface area (Å²) >= 11 is 6.60. The molecule has 2 N–H and O–H groups in total. The van der Waals surface area contributed by atoms with Gasteiger partial charge in [0.05, 0.1) is 36.9 Å². The van der Waals surface area contributed by atoms with Gasteiger partial charge in [-0.25, -0.2) is 23.8 Å². The van der Waals surface area contributed by atoms with E-state index in [-0.39, 0.29) is 17.4 Å². The van der Waals surface area contributed by atoms with E-state index in [0.29, 0.717) is 38.7 Å². The number of methoxy groups -OCH3 is 2. The van der Waals surface area contributed by atoms with E-state index in [0.717, 1.165) is 11.1 Å². The molecule has 2 aromatic heterocycles. The summed E-state index contributed by atoms with van der Waals surface area (Å²) in [6.45, 7) is 5.63. The van der Waals surface area contributed by atoms with Crippen LogP contribution in [-0.4, -0.2) is 39.9 Å². The fraction of sp³-hybridized carbons (Fsp3) is 0.250. The fourth-order valence-electron chi connectivity index (χ4n) is 4.04. The number of esters is 1. The maximum atomic E-state index is 15.1. The van der Waals surface area contributed by atoms with E-state index in [2.05, 4.69) is 19.8 Å². The summed E-state index contributed by atoms with van der Waals surface area (Å²) < 4.78 is 26.9. The van der Waals surface area contributed by atoms with E-state index in [1.807, 2.05) is 32.9 Å². The monoisotopic (exact) mass is 483 g/mol. The number of rotatable bonds is 5. The molecule has 0 aliphatic rings. The number of aryl methyl sites for hydroxylation is 1. The first kappa shape index (κ1) is 23.4. The Labute approximate surface area is 200 Å². The minimum atomic E-state index is -0.804. The first-order chi connectivity index (χ1) is 16.2. The zero-order valence-electron chi connectivity index (χ0n) is 19.3. The van der Waals surface area contributed by atoms with Crippen LogP contribution in [0.25, 0.3) is 22.2 Å². The molecule has 4 aromatic rings. The summed E-state index contributed by atoms with van der Waals surface area (Å²) in [5, 5.41) is 5.80. The van der Waals surface area contributed by atoms with Crippen molar-refractivity contribution in [3.8, 4) is 16.9 Å². The van der Waals surface area contributed by atoms with Gasteiger partial charge in [-0.05, 0) is 61.7 Å². The molecule has 34 heavy (non-hydrogen) atoms. The van der Waals surface area contributed by atoms with E-state index >= 15 is 4.39 Å². The lowest BCUT2D eigenvalue weighted by Crippen LogP contribution is -2.10. The van der Waals surface area contributed by atoms with Gasteiger partial charge in [-0.3, -0.25) is 0 Å². The van der Waals surface area contributed by atoms with E-state index in [4.69, 9.17) is 22.1 Å². The average molecular weight is 484 g/mol. The Balaban J connectivity index is 1.89. The van der Waals surface area contributed by atoms with Crippen molar-refractivity contribution in [2.24, 2.45) is 0 Å². The Morgan fingerprint density at radius 2 is 1.91 bits per heavy atom. The van der Waals surface area contributed by atoms with Gasteiger partial charge < -0.3 is 15.2 Å². The molecular weight excluding hydrogens is 461 g/mol. The Bertz CT molecular complexity index is 1440. The summed E-state index contributed by atoms with van der Waals surface area (Å²) in [7, 11) is 2.53. The molecule has 0 aliphatic carbocycles. The molecule has 8 nitrogen and oxygen atoms in total. The van der Waals surface area contributed by atoms with Crippen LogP contribution in [0.5, 0.6) is 5.75 Å². The maximum Gasteiger partial charge on any atom is 0.340 e. The zero-order chi connectivity index (χ0) is 24.7. The predicted molar refractivity (Wildman–Crippen MR) is 128 cm³/mol. The summed E-state index contributed by atoms with van der Waals surface area (Å²) in [6.07, 6.45) is 1.39. The molecule has 0 amide bonds. The summed E-state index contributed by atoms with van der Waals surface area (Å²) in [5.41, 5.74) is 9.78. The second-order valence-corrected chi connectivity index (χ2v) is 8.25. The molecule has 2 aromatic carbocycles. The highest BCUT2D eigenvalue weighted by Gasteiger charge is 2.24. The molecule has 4 rings (SSSR count). The maximum absolute atomic E-state index is 15.1. The Morgan fingerprint density at radius 1 is 1.18 bits per heavy atom. The van der Waals surface area contributed by atoms with Crippen molar-refractivity contribution in [2.45, 2.75) is 26.8 Å². The molecule has 0 aliphatic heterocycles. The van der Waals surface area contributed by atoms with Gasteiger partial charge in [0.2, 0.25) is 0 Å². The second kappa shape index (κ2) is 8.90. The average Bonchev–Trinajstić information content (AvgIpc) is 3.17. The van der Waals surface area contributed by atoms with Crippen molar-refractivity contribution in [1.29, 1.82) is 0 Å². The van der Waals surface area contributed by atoms with Crippen molar-refractivity contribution < 1.29 is 18.7 Å². The molecular formula is C24H23ClFN5O3. The molecule has 2 heterocycles. The van der Waals surface area contributed by atoms with Crippen molar-refractivity contribution in [2.75, 3.05) is 20.0 Å². The number of carbonyl (C=O) groups is 1.